The van der Waals surface area contributed by atoms with Gasteiger partial charge in [-0.25, -0.2) is 4.39 Å². The SMILES string of the molecule is O=C(NCC(O)c1cccc(OC(F)F)c1)c1cccc(F)c1. The highest BCUT2D eigenvalue weighted by Gasteiger charge is 2.13. The second-order valence-electron chi connectivity index (χ2n) is 4.69. The number of amides is 1. The molecule has 0 aliphatic rings. The Morgan fingerprint density at radius 2 is 1.91 bits per heavy atom. The number of hydrogen-bond donors (Lipinski definition) is 2. The Morgan fingerprint density at radius 3 is 2.61 bits per heavy atom. The van der Waals surface area contributed by atoms with Gasteiger partial charge in [0, 0.05) is 12.1 Å². The molecule has 1 unspecified atom stereocenters. The van der Waals surface area contributed by atoms with Crippen LogP contribution >= 0.6 is 0 Å². The number of benzene rings is 2. The molecule has 4 nitrogen and oxygen atoms in total. The first-order valence-corrected chi connectivity index (χ1v) is 6.72. The van der Waals surface area contributed by atoms with Crippen LogP contribution in [0.5, 0.6) is 5.75 Å². The molecule has 122 valence electrons. The van der Waals surface area contributed by atoms with Crippen LogP contribution in [0.3, 0.4) is 0 Å². The molecule has 2 aromatic rings. The standard InChI is InChI=1S/C16H14F3NO3/c17-12-5-1-4-11(7-12)15(22)20-9-14(21)10-3-2-6-13(8-10)23-16(18)19/h1-8,14,16,21H,9H2,(H,20,22). The highest BCUT2D eigenvalue weighted by Crippen LogP contribution is 2.20. The van der Waals surface area contributed by atoms with Crippen molar-refractivity contribution in [2.45, 2.75) is 12.7 Å². The van der Waals surface area contributed by atoms with Crippen molar-refractivity contribution in [3.8, 4) is 5.75 Å². The van der Waals surface area contributed by atoms with Crippen molar-refractivity contribution in [2.24, 2.45) is 0 Å². The third-order valence-electron chi connectivity index (χ3n) is 3.01. The average molecular weight is 325 g/mol. The predicted molar refractivity (Wildman–Crippen MR) is 76.8 cm³/mol. The molecular formula is C16H14F3NO3. The van der Waals surface area contributed by atoms with Crippen molar-refractivity contribution >= 4 is 5.91 Å². The third kappa shape index (κ3) is 5.00. The van der Waals surface area contributed by atoms with Crippen molar-refractivity contribution in [2.75, 3.05) is 6.54 Å². The van der Waals surface area contributed by atoms with Crippen LogP contribution < -0.4 is 10.1 Å². The molecule has 0 bridgehead atoms. The lowest BCUT2D eigenvalue weighted by Gasteiger charge is -2.14. The van der Waals surface area contributed by atoms with Gasteiger partial charge in [0.05, 0.1) is 6.10 Å². The van der Waals surface area contributed by atoms with Crippen LogP contribution in [0.25, 0.3) is 0 Å². The fourth-order valence-electron chi connectivity index (χ4n) is 1.94. The molecule has 0 radical (unpaired) electrons. The van der Waals surface area contributed by atoms with E-state index in [9.17, 15) is 23.1 Å². The molecule has 0 aliphatic carbocycles. The van der Waals surface area contributed by atoms with Crippen LogP contribution in [0.2, 0.25) is 0 Å². The minimum Gasteiger partial charge on any atom is -0.435 e. The number of hydrogen-bond acceptors (Lipinski definition) is 3. The Hall–Kier alpha value is -2.54. The van der Waals surface area contributed by atoms with E-state index in [1.807, 2.05) is 0 Å². The molecule has 1 atom stereocenters. The summed E-state index contributed by atoms with van der Waals surface area (Å²) in [6.45, 7) is -3.12. The van der Waals surface area contributed by atoms with E-state index < -0.39 is 24.4 Å². The lowest BCUT2D eigenvalue weighted by atomic mass is 10.1. The van der Waals surface area contributed by atoms with Crippen LogP contribution in [-0.2, 0) is 0 Å². The number of halogens is 3. The van der Waals surface area contributed by atoms with Crippen molar-refractivity contribution in [1.82, 2.24) is 5.32 Å². The van der Waals surface area contributed by atoms with E-state index in [1.54, 1.807) is 0 Å². The monoisotopic (exact) mass is 325 g/mol. The molecule has 0 saturated heterocycles. The van der Waals surface area contributed by atoms with E-state index >= 15 is 0 Å². The van der Waals surface area contributed by atoms with Crippen LogP contribution in [-0.4, -0.2) is 24.2 Å². The maximum atomic E-state index is 13.0. The predicted octanol–water partition coefficient (Wildman–Crippen LogP) is 2.89. The highest BCUT2D eigenvalue weighted by molar-refractivity contribution is 5.94. The van der Waals surface area contributed by atoms with Crippen molar-refractivity contribution in [1.29, 1.82) is 0 Å². The van der Waals surface area contributed by atoms with Gasteiger partial charge in [-0.2, -0.15) is 8.78 Å². The first-order chi connectivity index (χ1) is 11.0. The van der Waals surface area contributed by atoms with Crippen LogP contribution in [0.15, 0.2) is 48.5 Å². The van der Waals surface area contributed by atoms with Gasteiger partial charge in [-0.1, -0.05) is 18.2 Å². The van der Waals surface area contributed by atoms with E-state index in [-0.39, 0.29) is 17.9 Å². The number of carbonyl (C=O) groups is 1. The molecule has 1 amide bonds. The molecule has 0 saturated carbocycles. The Morgan fingerprint density at radius 1 is 1.17 bits per heavy atom. The molecule has 0 aromatic heterocycles. The zero-order chi connectivity index (χ0) is 16.8. The van der Waals surface area contributed by atoms with Crippen molar-refractivity contribution < 1.29 is 27.8 Å². The zero-order valence-electron chi connectivity index (χ0n) is 11.9. The summed E-state index contributed by atoms with van der Waals surface area (Å²) in [5.74, 6) is -1.19. The molecule has 0 aliphatic heterocycles. The van der Waals surface area contributed by atoms with Gasteiger partial charge in [0.15, 0.2) is 0 Å². The van der Waals surface area contributed by atoms with Crippen LogP contribution in [0.1, 0.15) is 22.0 Å². The topological polar surface area (TPSA) is 58.6 Å². The Balaban J connectivity index is 1.96. The van der Waals surface area contributed by atoms with Gasteiger partial charge in [-0.05, 0) is 35.9 Å². The molecule has 0 fully saturated rings. The molecular weight excluding hydrogens is 311 g/mol. The van der Waals surface area contributed by atoms with E-state index in [4.69, 9.17) is 0 Å². The minimum absolute atomic E-state index is 0.0898. The fourth-order valence-corrected chi connectivity index (χ4v) is 1.94. The number of nitrogens with one attached hydrogen (secondary N) is 1. The van der Waals surface area contributed by atoms with Gasteiger partial charge in [0.1, 0.15) is 11.6 Å². The second-order valence-corrected chi connectivity index (χ2v) is 4.69. The normalized spacial score (nSPS) is 12.0. The van der Waals surface area contributed by atoms with Gasteiger partial charge in [0.2, 0.25) is 0 Å². The quantitative estimate of drug-likeness (QED) is 0.858. The molecule has 23 heavy (non-hydrogen) atoms. The summed E-state index contributed by atoms with van der Waals surface area (Å²) in [6, 6.07) is 10.6. The van der Waals surface area contributed by atoms with E-state index in [2.05, 4.69) is 10.1 Å². The van der Waals surface area contributed by atoms with Crippen LogP contribution in [0, 0.1) is 5.82 Å². The minimum atomic E-state index is -2.96. The summed E-state index contributed by atoms with van der Waals surface area (Å²) >= 11 is 0. The number of alkyl halides is 2. The number of rotatable bonds is 6. The van der Waals surface area contributed by atoms with E-state index in [1.165, 1.54) is 42.5 Å². The molecule has 0 heterocycles. The third-order valence-corrected chi connectivity index (χ3v) is 3.01. The van der Waals surface area contributed by atoms with Gasteiger partial charge >= 0.3 is 6.61 Å². The first-order valence-electron chi connectivity index (χ1n) is 6.72. The fraction of sp³-hybridized carbons (Fsp3) is 0.188. The van der Waals surface area contributed by atoms with E-state index in [0.29, 0.717) is 5.56 Å². The largest absolute Gasteiger partial charge is 0.435 e. The average Bonchev–Trinajstić information content (AvgIpc) is 2.52. The van der Waals surface area contributed by atoms with Gasteiger partial charge in [-0.15, -0.1) is 0 Å². The lowest BCUT2D eigenvalue weighted by Crippen LogP contribution is -2.28. The lowest BCUT2D eigenvalue weighted by molar-refractivity contribution is -0.0499. The Labute approximate surface area is 130 Å². The maximum absolute atomic E-state index is 13.0. The highest BCUT2D eigenvalue weighted by atomic mass is 19.3. The summed E-state index contributed by atoms with van der Waals surface area (Å²) in [6.07, 6.45) is -1.12. The van der Waals surface area contributed by atoms with Crippen LogP contribution in [0.4, 0.5) is 13.2 Å². The summed E-state index contributed by atoms with van der Waals surface area (Å²) in [4.78, 5) is 11.8. The van der Waals surface area contributed by atoms with Gasteiger partial charge in [0.25, 0.3) is 5.91 Å². The Bertz CT molecular complexity index is 679. The number of carbonyl (C=O) groups excluding carboxylic acids is 1. The second kappa shape index (κ2) is 7.64. The molecule has 2 N–H and O–H groups in total. The van der Waals surface area contributed by atoms with Gasteiger partial charge in [-0.3, -0.25) is 4.79 Å². The Kier molecular flexibility index (Phi) is 5.59. The number of aliphatic hydroxyl groups is 1. The summed E-state index contributed by atoms with van der Waals surface area (Å²) in [7, 11) is 0. The first kappa shape index (κ1) is 16.8. The van der Waals surface area contributed by atoms with Gasteiger partial charge < -0.3 is 15.2 Å². The molecule has 0 spiro atoms. The maximum Gasteiger partial charge on any atom is 0.387 e. The van der Waals surface area contributed by atoms with Crippen molar-refractivity contribution in [3.05, 3.63) is 65.5 Å². The van der Waals surface area contributed by atoms with E-state index in [0.717, 1.165) is 6.07 Å². The zero-order valence-corrected chi connectivity index (χ0v) is 11.9. The molecule has 2 aromatic carbocycles. The molecule has 7 heteroatoms. The summed E-state index contributed by atoms with van der Waals surface area (Å²) in [5.41, 5.74) is 0.426. The summed E-state index contributed by atoms with van der Waals surface area (Å²) in [5, 5.41) is 12.4. The van der Waals surface area contributed by atoms with Crippen molar-refractivity contribution in [3.63, 3.8) is 0 Å². The smallest absolute Gasteiger partial charge is 0.387 e. The summed E-state index contributed by atoms with van der Waals surface area (Å²) < 4.78 is 41.6. The number of ether oxygens (including phenoxy) is 1. The number of aliphatic hydroxyl groups excluding tert-OH is 1. The molecule has 2 rings (SSSR count).